The van der Waals surface area contributed by atoms with E-state index in [2.05, 4.69) is 21.7 Å². The largest absolute Gasteiger partial charge is 0.487 e. The molecule has 2 heterocycles. The average molecular weight is 538 g/mol. The zero-order valence-corrected chi connectivity index (χ0v) is 22.5. The first-order valence-electron chi connectivity index (χ1n) is 12.5. The number of aromatic nitrogens is 1. The SMILES string of the molecule is C[C@@H]1CN([C@H](C)CO)S(=O)(=O)c2ccc(C#Cc3ccccn3)cc2O[C@H]1CN(C)Cc1ccc(F)cc1. The maximum Gasteiger partial charge on any atom is 0.247 e. The lowest BCUT2D eigenvalue weighted by Crippen LogP contribution is -2.49. The van der Waals surface area contributed by atoms with Crippen molar-refractivity contribution in [2.75, 3.05) is 26.7 Å². The lowest BCUT2D eigenvalue weighted by atomic mass is 10.0. The zero-order valence-electron chi connectivity index (χ0n) is 21.7. The molecule has 0 aliphatic carbocycles. The molecule has 0 radical (unpaired) electrons. The van der Waals surface area contributed by atoms with E-state index >= 15 is 0 Å². The number of halogens is 1. The summed E-state index contributed by atoms with van der Waals surface area (Å²) in [5, 5.41) is 9.84. The number of rotatable bonds is 6. The first-order valence-corrected chi connectivity index (χ1v) is 13.9. The highest BCUT2D eigenvalue weighted by Crippen LogP contribution is 2.34. The van der Waals surface area contributed by atoms with Gasteiger partial charge in [-0.2, -0.15) is 4.31 Å². The minimum Gasteiger partial charge on any atom is -0.487 e. The third-order valence-corrected chi connectivity index (χ3v) is 8.54. The maximum absolute atomic E-state index is 13.7. The number of benzene rings is 2. The van der Waals surface area contributed by atoms with Gasteiger partial charge in [-0.3, -0.25) is 4.90 Å². The quantitative estimate of drug-likeness (QED) is 0.485. The van der Waals surface area contributed by atoms with E-state index in [0.717, 1.165) is 5.56 Å². The number of ether oxygens (including phenoxy) is 1. The summed E-state index contributed by atoms with van der Waals surface area (Å²) >= 11 is 0. The molecule has 0 fully saturated rings. The van der Waals surface area contributed by atoms with Gasteiger partial charge in [0.1, 0.15) is 28.3 Å². The van der Waals surface area contributed by atoms with Crippen LogP contribution in [0.5, 0.6) is 5.75 Å². The lowest BCUT2D eigenvalue weighted by Gasteiger charge is -2.37. The molecule has 4 rings (SSSR count). The van der Waals surface area contributed by atoms with Gasteiger partial charge in [-0.05, 0) is 67.9 Å². The Balaban J connectivity index is 1.68. The van der Waals surface area contributed by atoms with Crippen molar-refractivity contribution in [1.82, 2.24) is 14.2 Å². The van der Waals surface area contributed by atoms with Crippen LogP contribution in [0, 0.1) is 23.6 Å². The van der Waals surface area contributed by atoms with Gasteiger partial charge in [-0.25, -0.2) is 17.8 Å². The van der Waals surface area contributed by atoms with E-state index < -0.39 is 16.1 Å². The molecule has 9 heteroatoms. The van der Waals surface area contributed by atoms with Gasteiger partial charge in [0.05, 0.1) is 6.61 Å². The van der Waals surface area contributed by atoms with E-state index in [1.807, 2.05) is 26.1 Å². The molecule has 0 bridgehead atoms. The summed E-state index contributed by atoms with van der Waals surface area (Å²) < 4.78 is 48.4. The molecule has 3 aromatic rings. The highest BCUT2D eigenvalue weighted by Gasteiger charge is 2.38. The van der Waals surface area contributed by atoms with Crippen molar-refractivity contribution < 1.29 is 22.7 Å². The molecular formula is C29H32FN3O4S. The highest BCUT2D eigenvalue weighted by molar-refractivity contribution is 7.89. The van der Waals surface area contributed by atoms with E-state index in [0.29, 0.717) is 24.3 Å². The molecule has 0 spiro atoms. The minimum atomic E-state index is -3.94. The number of aliphatic hydroxyl groups excluding tert-OH is 1. The van der Waals surface area contributed by atoms with Gasteiger partial charge in [-0.1, -0.05) is 31.0 Å². The van der Waals surface area contributed by atoms with E-state index in [-0.39, 0.29) is 41.6 Å². The Labute approximate surface area is 223 Å². The van der Waals surface area contributed by atoms with Crippen LogP contribution in [0.25, 0.3) is 0 Å². The lowest BCUT2D eigenvalue weighted by molar-refractivity contribution is 0.0733. The third-order valence-electron chi connectivity index (χ3n) is 6.52. The molecule has 200 valence electrons. The number of fused-ring (bicyclic) bond motifs is 1. The third kappa shape index (κ3) is 6.58. The maximum atomic E-state index is 13.7. The molecule has 1 N–H and O–H groups in total. The zero-order chi connectivity index (χ0) is 27.3. The molecule has 3 atom stereocenters. The number of aliphatic hydroxyl groups is 1. The average Bonchev–Trinajstić information content (AvgIpc) is 2.91. The van der Waals surface area contributed by atoms with Crippen LogP contribution in [-0.4, -0.2) is 66.6 Å². The fourth-order valence-electron chi connectivity index (χ4n) is 4.37. The van der Waals surface area contributed by atoms with E-state index in [4.69, 9.17) is 4.74 Å². The van der Waals surface area contributed by atoms with Crippen LogP contribution in [0.2, 0.25) is 0 Å². The first-order chi connectivity index (χ1) is 18.2. The molecular weight excluding hydrogens is 505 g/mol. The van der Waals surface area contributed by atoms with Crippen LogP contribution < -0.4 is 4.74 Å². The predicted molar refractivity (Wildman–Crippen MR) is 143 cm³/mol. The minimum absolute atomic E-state index is 0.0410. The monoisotopic (exact) mass is 537 g/mol. The van der Waals surface area contributed by atoms with Gasteiger partial charge >= 0.3 is 0 Å². The number of likely N-dealkylation sites (N-methyl/N-ethyl adjacent to an activating group) is 1. The second-order valence-electron chi connectivity index (χ2n) is 9.69. The van der Waals surface area contributed by atoms with E-state index in [9.17, 15) is 17.9 Å². The van der Waals surface area contributed by atoms with Crippen molar-refractivity contribution >= 4 is 10.0 Å². The van der Waals surface area contributed by atoms with Crippen LogP contribution in [0.1, 0.15) is 30.7 Å². The molecule has 1 aliphatic rings. The topological polar surface area (TPSA) is 83.0 Å². The molecule has 1 aromatic heterocycles. The number of sulfonamides is 1. The van der Waals surface area contributed by atoms with Crippen LogP contribution in [0.15, 0.2) is 71.8 Å². The molecule has 38 heavy (non-hydrogen) atoms. The van der Waals surface area contributed by atoms with Crippen molar-refractivity contribution in [3.8, 4) is 17.6 Å². The van der Waals surface area contributed by atoms with Gasteiger partial charge in [0.15, 0.2) is 0 Å². The van der Waals surface area contributed by atoms with E-state index in [1.165, 1.54) is 22.5 Å². The van der Waals surface area contributed by atoms with Crippen LogP contribution in [0.3, 0.4) is 0 Å². The van der Waals surface area contributed by atoms with E-state index in [1.54, 1.807) is 43.5 Å². The second kappa shape index (κ2) is 12.0. The molecule has 1 aliphatic heterocycles. The molecule has 0 unspecified atom stereocenters. The Morgan fingerprint density at radius 2 is 1.95 bits per heavy atom. The van der Waals surface area contributed by atoms with Crippen molar-refractivity contribution in [1.29, 1.82) is 0 Å². The summed E-state index contributed by atoms with van der Waals surface area (Å²) in [4.78, 5) is 6.31. The summed E-state index contributed by atoms with van der Waals surface area (Å²) in [6.07, 6.45) is 1.30. The summed E-state index contributed by atoms with van der Waals surface area (Å²) in [6, 6.07) is 16.0. The van der Waals surface area contributed by atoms with Gasteiger partial charge in [0.2, 0.25) is 10.0 Å². The van der Waals surface area contributed by atoms with Crippen molar-refractivity contribution in [3.63, 3.8) is 0 Å². The van der Waals surface area contributed by atoms with Gasteiger partial charge in [0, 0.05) is 43.4 Å². The summed E-state index contributed by atoms with van der Waals surface area (Å²) in [7, 11) is -1.99. The number of nitrogens with zero attached hydrogens (tertiary/aromatic N) is 3. The number of hydrogen-bond acceptors (Lipinski definition) is 6. The normalized spacial score (nSPS) is 19.8. The Kier molecular flexibility index (Phi) is 8.80. The van der Waals surface area contributed by atoms with Crippen LogP contribution in [0.4, 0.5) is 4.39 Å². The van der Waals surface area contributed by atoms with Crippen molar-refractivity contribution in [2.24, 2.45) is 5.92 Å². The fourth-order valence-corrected chi connectivity index (χ4v) is 6.19. The van der Waals surface area contributed by atoms with Gasteiger partial charge < -0.3 is 9.84 Å². The molecule has 0 saturated carbocycles. The molecule has 0 saturated heterocycles. The Bertz CT molecular complexity index is 1410. The second-order valence-corrected chi connectivity index (χ2v) is 11.5. The van der Waals surface area contributed by atoms with Gasteiger partial charge in [-0.15, -0.1) is 0 Å². The van der Waals surface area contributed by atoms with Crippen LogP contribution in [-0.2, 0) is 16.6 Å². The standard InChI is InChI=1S/C29H32FN3O4S/c1-21-17-33(22(2)20-34)38(35,36)29-14-10-23(9-13-26-6-4-5-15-31-26)16-27(29)37-28(21)19-32(3)18-24-7-11-25(30)12-8-24/h4-8,10-12,14-16,21-22,28,34H,17-20H2,1-3H3/t21-,22-,28+/m1/s1. The van der Waals surface area contributed by atoms with Crippen molar-refractivity contribution in [2.45, 2.75) is 37.4 Å². The molecule has 2 aromatic carbocycles. The van der Waals surface area contributed by atoms with Gasteiger partial charge in [0.25, 0.3) is 0 Å². The molecule has 7 nitrogen and oxygen atoms in total. The summed E-state index contributed by atoms with van der Waals surface area (Å²) in [6.45, 7) is 4.60. The summed E-state index contributed by atoms with van der Waals surface area (Å²) in [5.41, 5.74) is 2.15. The fraction of sp³-hybridized carbons (Fsp3) is 0.345. The predicted octanol–water partition coefficient (Wildman–Crippen LogP) is 3.52. The highest BCUT2D eigenvalue weighted by atomic mass is 32.2. The van der Waals surface area contributed by atoms with Crippen LogP contribution >= 0.6 is 0 Å². The summed E-state index contributed by atoms with van der Waals surface area (Å²) in [5.74, 6) is 5.78. The smallest absolute Gasteiger partial charge is 0.247 e. The number of hydrogen-bond donors (Lipinski definition) is 1. The Morgan fingerprint density at radius 1 is 1.18 bits per heavy atom. The molecule has 0 amide bonds. The van der Waals surface area contributed by atoms with Crippen molar-refractivity contribution in [3.05, 3.63) is 89.5 Å². The number of pyridine rings is 1. The Morgan fingerprint density at radius 3 is 2.63 bits per heavy atom. The first kappa shape index (κ1) is 27.7. The Hall–Kier alpha value is -3.29.